The fraction of sp³-hybridized carbons (Fsp3) is 0.250. The lowest BCUT2D eigenvalue weighted by atomic mass is 10.1. The summed E-state index contributed by atoms with van der Waals surface area (Å²) in [5.41, 5.74) is 4.48. The summed E-state index contributed by atoms with van der Waals surface area (Å²) < 4.78 is 3.93. The number of alkyl halides is 2. The molecule has 0 heterocycles. The van der Waals surface area contributed by atoms with Crippen LogP contribution in [0.1, 0.15) is 53.7 Å². The summed E-state index contributed by atoms with van der Waals surface area (Å²) in [4.78, 5) is 38.5. The van der Waals surface area contributed by atoms with Crippen molar-refractivity contribution in [3.63, 3.8) is 0 Å². The van der Waals surface area contributed by atoms with Crippen LogP contribution in [0.15, 0.2) is 78.9 Å². The second kappa shape index (κ2) is 14.7. The van der Waals surface area contributed by atoms with Gasteiger partial charge < -0.3 is 20.7 Å². The Kier molecular flexibility index (Phi) is 11.0. The smallest absolute Gasteiger partial charge is 0.412 e. The molecule has 3 amide bonds. The van der Waals surface area contributed by atoms with Crippen LogP contribution in [-0.4, -0.2) is 27.8 Å². The zero-order chi connectivity index (χ0) is 35.7. The Balaban J connectivity index is 1.18. The number of hydrogen-bond acceptors (Lipinski definition) is 5. The molecule has 1 saturated carbocycles. The topological polar surface area (TPSA) is 109 Å². The molecule has 4 aromatic rings. The number of anilines is 4. The molecular formula is C36H33Cl5N4O4. The van der Waals surface area contributed by atoms with Crippen molar-refractivity contribution in [1.82, 2.24) is 0 Å². The number of halogens is 5. The first-order valence-corrected chi connectivity index (χ1v) is 17.1. The Bertz CT molecular complexity index is 1890. The molecule has 49 heavy (non-hydrogen) atoms. The maximum Gasteiger partial charge on any atom is 0.412 e. The van der Waals surface area contributed by atoms with E-state index in [1.54, 1.807) is 63.2 Å². The van der Waals surface area contributed by atoms with Crippen LogP contribution in [-0.2, 0) is 16.1 Å². The fourth-order valence-electron chi connectivity index (χ4n) is 5.25. The Hall–Kier alpha value is -3.66. The number of carbonyl (C=O) groups excluding carboxylic acids is 3. The predicted octanol–water partition coefficient (Wildman–Crippen LogP) is 10.7. The van der Waals surface area contributed by atoms with E-state index in [1.165, 1.54) is 12.1 Å². The second-order valence-corrected chi connectivity index (χ2v) is 15.4. The Morgan fingerprint density at radius 1 is 0.776 bits per heavy atom. The standard InChI is InChI=1S/C36H33Cl5N4O4/c1-19-13-25(42-18-20-5-7-24(8-6-20)44-34(48)49-35(2,3)4)10-12-29(19)45-32(46)27-17-26(9-11-28(27)39)43-33(47)31-30(36(31,40)41)21-14-22(37)16-23(38)15-21/h5-17,30-31,42H,18H2,1-4H3,(H,43,47)(H,44,48)(H,45,46)/t30-,31+/m0/s1. The van der Waals surface area contributed by atoms with Crippen molar-refractivity contribution in [2.24, 2.45) is 5.92 Å². The SMILES string of the molecule is Cc1cc(NCc2ccc(NC(=O)OC(C)(C)C)cc2)ccc1NC(=O)c1cc(NC(=O)[C@H]2[C@H](c3cc(Cl)cc(Cl)c3)C2(Cl)Cl)ccc1Cl. The van der Waals surface area contributed by atoms with Gasteiger partial charge in [0.15, 0.2) is 0 Å². The van der Waals surface area contributed by atoms with Gasteiger partial charge in [0.05, 0.1) is 16.5 Å². The van der Waals surface area contributed by atoms with Crippen molar-refractivity contribution < 1.29 is 19.1 Å². The maximum atomic E-state index is 13.3. The lowest BCUT2D eigenvalue weighted by Gasteiger charge is -2.19. The van der Waals surface area contributed by atoms with Gasteiger partial charge >= 0.3 is 6.09 Å². The summed E-state index contributed by atoms with van der Waals surface area (Å²) in [6.45, 7) is 7.83. The van der Waals surface area contributed by atoms with Gasteiger partial charge in [0, 0.05) is 45.3 Å². The first kappa shape index (κ1) is 36.6. The van der Waals surface area contributed by atoms with Crippen molar-refractivity contribution in [2.45, 2.75) is 50.1 Å². The van der Waals surface area contributed by atoms with Crippen molar-refractivity contribution in [3.05, 3.63) is 116 Å². The van der Waals surface area contributed by atoms with E-state index in [-0.39, 0.29) is 10.6 Å². The van der Waals surface area contributed by atoms with E-state index in [0.717, 1.165) is 16.8 Å². The molecule has 0 aromatic heterocycles. The van der Waals surface area contributed by atoms with Gasteiger partial charge in [-0.25, -0.2) is 4.79 Å². The highest BCUT2D eigenvalue weighted by atomic mass is 35.5. The maximum absolute atomic E-state index is 13.3. The molecule has 0 unspecified atom stereocenters. The lowest BCUT2D eigenvalue weighted by molar-refractivity contribution is -0.117. The zero-order valence-electron chi connectivity index (χ0n) is 26.9. The van der Waals surface area contributed by atoms with Crippen LogP contribution < -0.4 is 21.3 Å². The number of amides is 3. The fourth-order valence-corrected chi connectivity index (χ4v) is 6.83. The Morgan fingerprint density at radius 3 is 2.04 bits per heavy atom. The highest BCUT2D eigenvalue weighted by Gasteiger charge is 2.67. The molecule has 8 nitrogen and oxygen atoms in total. The normalized spacial score (nSPS) is 16.3. The van der Waals surface area contributed by atoms with Gasteiger partial charge in [-0.2, -0.15) is 0 Å². The monoisotopic (exact) mass is 760 g/mol. The van der Waals surface area contributed by atoms with Crippen LogP contribution in [0.2, 0.25) is 15.1 Å². The number of aryl methyl sites for hydroxylation is 1. The Morgan fingerprint density at radius 2 is 1.41 bits per heavy atom. The van der Waals surface area contributed by atoms with Gasteiger partial charge in [0.2, 0.25) is 5.91 Å². The summed E-state index contributed by atoms with van der Waals surface area (Å²) >= 11 is 31.7. The summed E-state index contributed by atoms with van der Waals surface area (Å²) in [5, 5.41) is 12.8. The third kappa shape index (κ3) is 9.32. The molecule has 0 radical (unpaired) electrons. The first-order chi connectivity index (χ1) is 23.0. The molecule has 0 bridgehead atoms. The molecule has 1 aliphatic carbocycles. The van der Waals surface area contributed by atoms with Crippen molar-refractivity contribution in [3.8, 4) is 0 Å². The van der Waals surface area contributed by atoms with E-state index in [9.17, 15) is 14.4 Å². The summed E-state index contributed by atoms with van der Waals surface area (Å²) in [6, 6.07) is 22.5. The van der Waals surface area contributed by atoms with E-state index < -0.39 is 39.7 Å². The van der Waals surface area contributed by atoms with E-state index in [0.29, 0.717) is 39.2 Å². The molecule has 0 spiro atoms. The van der Waals surface area contributed by atoms with Crippen molar-refractivity contribution in [1.29, 1.82) is 0 Å². The van der Waals surface area contributed by atoms with Crippen LogP contribution in [0.3, 0.4) is 0 Å². The molecular weight excluding hydrogens is 730 g/mol. The minimum Gasteiger partial charge on any atom is -0.444 e. The molecule has 4 aromatic carbocycles. The van der Waals surface area contributed by atoms with Gasteiger partial charge in [-0.15, -0.1) is 23.2 Å². The van der Waals surface area contributed by atoms with Crippen molar-refractivity contribution in [2.75, 3.05) is 21.3 Å². The van der Waals surface area contributed by atoms with Crippen LogP contribution >= 0.6 is 58.0 Å². The molecule has 2 atom stereocenters. The van der Waals surface area contributed by atoms with E-state index in [4.69, 9.17) is 62.7 Å². The van der Waals surface area contributed by atoms with Crippen molar-refractivity contribution >= 4 is 98.7 Å². The number of hydrogen-bond donors (Lipinski definition) is 4. The van der Waals surface area contributed by atoms with Gasteiger partial charge in [-0.1, -0.05) is 46.9 Å². The first-order valence-electron chi connectivity index (χ1n) is 15.2. The number of rotatable bonds is 9. The third-order valence-corrected chi connectivity index (χ3v) is 9.34. The molecule has 256 valence electrons. The summed E-state index contributed by atoms with van der Waals surface area (Å²) in [7, 11) is 0. The number of nitrogens with one attached hydrogen (secondary N) is 4. The third-order valence-electron chi connectivity index (χ3n) is 7.63. The molecule has 1 aliphatic rings. The van der Waals surface area contributed by atoms with E-state index in [1.807, 2.05) is 31.2 Å². The van der Waals surface area contributed by atoms with E-state index >= 15 is 0 Å². The minimum absolute atomic E-state index is 0.169. The molecule has 13 heteroatoms. The van der Waals surface area contributed by atoms with Gasteiger partial charge in [0.1, 0.15) is 9.93 Å². The zero-order valence-corrected chi connectivity index (χ0v) is 30.7. The van der Waals surface area contributed by atoms with Gasteiger partial charge in [-0.3, -0.25) is 14.9 Å². The van der Waals surface area contributed by atoms with Crippen LogP contribution in [0.25, 0.3) is 0 Å². The quantitative estimate of drug-likeness (QED) is 0.127. The summed E-state index contributed by atoms with van der Waals surface area (Å²) in [6.07, 6.45) is -0.513. The average molecular weight is 763 g/mol. The number of carbonyl (C=O) groups is 3. The molecule has 0 saturated heterocycles. The minimum atomic E-state index is -1.35. The number of ether oxygens (including phenoxy) is 1. The van der Waals surface area contributed by atoms with Gasteiger partial charge in [0.25, 0.3) is 5.91 Å². The highest BCUT2D eigenvalue weighted by molar-refractivity contribution is 6.53. The second-order valence-electron chi connectivity index (χ2n) is 12.7. The molecule has 0 aliphatic heterocycles. The highest BCUT2D eigenvalue weighted by Crippen LogP contribution is 2.65. The van der Waals surface area contributed by atoms with E-state index in [2.05, 4.69) is 21.3 Å². The Labute approximate surface area is 309 Å². The molecule has 4 N–H and O–H groups in total. The molecule has 5 rings (SSSR count). The number of benzene rings is 4. The largest absolute Gasteiger partial charge is 0.444 e. The summed E-state index contributed by atoms with van der Waals surface area (Å²) in [5.74, 6) is -2.16. The predicted molar refractivity (Wildman–Crippen MR) is 200 cm³/mol. The lowest BCUT2D eigenvalue weighted by Crippen LogP contribution is -2.27. The van der Waals surface area contributed by atoms with Crippen LogP contribution in [0.4, 0.5) is 27.5 Å². The van der Waals surface area contributed by atoms with Crippen LogP contribution in [0.5, 0.6) is 0 Å². The molecule has 1 fully saturated rings. The van der Waals surface area contributed by atoms with Gasteiger partial charge in [-0.05, 0) is 111 Å². The average Bonchev–Trinajstić information content (AvgIpc) is 3.59. The van der Waals surface area contributed by atoms with Crippen LogP contribution in [0, 0.1) is 12.8 Å².